The van der Waals surface area contributed by atoms with Gasteiger partial charge in [-0.2, -0.15) is 0 Å². The zero-order valence-corrected chi connectivity index (χ0v) is 17.2. The SMILES string of the molecule is C=C1CC[C@H](C(C)C)C2[C@H]1[C@@H]1C[C@](C)(O)[C@@H](OCC)CC[C@@](C)(O)[C@H]2O1. The van der Waals surface area contributed by atoms with Gasteiger partial charge in [-0.25, -0.2) is 0 Å². The van der Waals surface area contributed by atoms with Crippen molar-refractivity contribution in [2.45, 2.75) is 96.2 Å². The fourth-order valence-electron chi connectivity index (χ4n) is 5.93. The molecule has 2 bridgehead atoms. The Morgan fingerprint density at radius 1 is 1.23 bits per heavy atom. The molecule has 150 valence electrons. The van der Waals surface area contributed by atoms with E-state index in [0.717, 1.165) is 12.8 Å². The molecular formula is C22H38O4. The summed E-state index contributed by atoms with van der Waals surface area (Å²) in [6, 6.07) is 0. The van der Waals surface area contributed by atoms with Crippen LogP contribution in [0.15, 0.2) is 12.2 Å². The molecule has 0 aromatic heterocycles. The number of rotatable bonds is 3. The van der Waals surface area contributed by atoms with Crippen LogP contribution in [0.5, 0.6) is 0 Å². The van der Waals surface area contributed by atoms with Gasteiger partial charge >= 0.3 is 0 Å². The van der Waals surface area contributed by atoms with Crippen LogP contribution in [0, 0.1) is 23.7 Å². The highest BCUT2D eigenvalue weighted by Gasteiger charge is 2.58. The highest BCUT2D eigenvalue weighted by molar-refractivity contribution is 5.18. The third-order valence-corrected chi connectivity index (χ3v) is 7.31. The lowest BCUT2D eigenvalue weighted by molar-refractivity contribution is -0.123. The van der Waals surface area contributed by atoms with Crippen LogP contribution >= 0.6 is 0 Å². The topological polar surface area (TPSA) is 58.9 Å². The molecule has 26 heavy (non-hydrogen) atoms. The van der Waals surface area contributed by atoms with E-state index >= 15 is 0 Å². The van der Waals surface area contributed by atoms with Crippen LogP contribution in [0.2, 0.25) is 0 Å². The van der Waals surface area contributed by atoms with Crippen molar-refractivity contribution in [2.24, 2.45) is 23.7 Å². The Morgan fingerprint density at radius 2 is 1.92 bits per heavy atom. The second kappa shape index (κ2) is 7.20. The molecule has 3 aliphatic rings. The van der Waals surface area contributed by atoms with Crippen LogP contribution in [0.25, 0.3) is 0 Å². The molecule has 0 spiro atoms. The van der Waals surface area contributed by atoms with Gasteiger partial charge in [0, 0.05) is 18.9 Å². The maximum atomic E-state index is 11.4. The van der Waals surface area contributed by atoms with Gasteiger partial charge in [-0.3, -0.25) is 0 Å². The van der Waals surface area contributed by atoms with E-state index in [4.69, 9.17) is 9.47 Å². The van der Waals surface area contributed by atoms with Crippen molar-refractivity contribution in [3.05, 3.63) is 12.2 Å². The van der Waals surface area contributed by atoms with Gasteiger partial charge in [-0.05, 0) is 64.2 Å². The Balaban J connectivity index is 1.99. The van der Waals surface area contributed by atoms with E-state index in [-0.39, 0.29) is 30.1 Å². The second-order valence-corrected chi connectivity index (χ2v) is 9.70. The first-order chi connectivity index (χ1) is 12.1. The van der Waals surface area contributed by atoms with Crippen molar-refractivity contribution in [3.8, 4) is 0 Å². The predicted molar refractivity (Wildman–Crippen MR) is 103 cm³/mol. The first kappa shape index (κ1) is 20.3. The van der Waals surface area contributed by atoms with Gasteiger partial charge < -0.3 is 19.7 Å². The van der Waals surface area contributed by atoms with Crippen molar-refractivity contribution in [3.63, 3.8) is 0 Å². The summed E-state index contributed by atoms with van der Waals surface area (Å²) >= 11 is 0. The Hall–Kier alpha value is -0.420. The third-order valence-electron chi connectivity index (χ3n) is 7.31. The minimum absolute atomic E-state index is 0.0958. The molecule has 3 rings (SSSR count). The summed E-state index contributed by atoms with van der Waals surface area (Å²) in [5, 5.41) is 22.6. The van der Waals surface area contributed by atoms with E-state index in [1.807, 2.05) is 20.8 Å². The number of aliphatic hydroxyl groups is 2. The van der Waals surface area contributed by atoms with Crippen molar-refractivity contribution < 1.29 is 19.7 Å². The molecule has 3 fully saturated rings. The summed E-state index contributed by atoms with van der Waals surface area (Å²) in [6.45, 7) is 15.2. The normalized spacial score (nSPS) is 49.5. The van der Waals surface area contributed by atoms with Crippen LogP contribution in [-0.2, 0) is 9.47 Å². The Bertz CT molecular complexity index is 524. The van der Waals surface area contributed by atoms with Gasteiger partial charge in [-0.1, -0.05) is 26.0 Å². The first-order valence-electron chi connectivity index (χ1n) is 10.5. The molecule has 2 aliphatic heterocycles. The van der Waals surface area contributed by atoms with Gasteiger partial charge in [0.15, 0.2) is 0 Å². The number of hydrogen-bond acceptors (Lipinski definition) is 4. The molecule has 0 radical (unpaired) electrons. The lowest BCUT2D eigenvalue weighted by Crippen LogP contribution is -2.50. The zero-order valence-electron chi connectivity index (χ0n) is 17.2. The zero-order chi connectivity index (χ0) is 19.3. The lowest BCUT2D eigenvalue weighted by atomic mass is 9.60. The Kier molecular flexibility index (Phi) is 5.62. The molecule has 2 saturated heterocycles. The van der Waals surface area contributed by atoms with Crippen LogP contribution in [0.1, 0.15) is 66.7 Å². The average Bonchev–Trinajstić information content (AvgIpc) is 2.91. The molecule has 0 aromatic rings. The number of fused-ring (bicyclic) bond motifs is 5. The lowest BCUT2D eigenvalue weighted by Gasteiger charge is -2.45. The number of ether oxygens (including phenoxy) is 2. The summed E-state index contributed by atoms with van der Waals surface area (Å²) in [6.07, 6.45) is 3.33. The van der Waals surface area contributed by atoms with Crippen molar-refractivity contribution in [2.75, 3.05) is 6.61 Å². The fraction of sp³-hybridized carbons (Fsp3) is 0.909. The quantitative estimate of drug-likeness (QED) is 0.748. The second-order valence-electron chi connectivity index (χ2n) is 9.70. The molecular weight excluding hydrogens is 328 g/mol. The summed E-state index contributed by atoms with van der Waals surface area (Å²) < 4.78 is 12.4. The minimum Gasteiger partial charge on any atom is -0.387 e. The van der Waals surface area contributed by atoms with Crippen molar-refractivity contribution in [1.82, 2.24) is 0 Å². The van der Waals surface area contributed by atoms with Gasteiger partial charge in [0.2, 0.25) is 0 Å². The third kappa shape index (κ3) is 3.50. The molecule has 0 aromatic carbocycles. The highest BCUT2D eigenvalue weighted by Crippen LogP contribution is 2.55. The molecule has 2 N–H and O–H groups in total. The van der Waals surface area contributed by atoms with E-state index in [1.165, 1.54) is 5.57 Å². The van der Waals surface area contributed by atoms with E-state index < -0.39 is 11.2 Å². The number of hydrogen-bond donors (Lipinski definition) is 2. The largest absolute Gasteiger partial charge is 0.387 e. The smallest absolute Gasteiger partial charge is 0.0905 e. The molecule has 0 amide bonds. The van der Waals surface area contributed by atoms with E-state index in [0.29, 0.717) is 37.7 Å². The van der Waals surface area contributed by atoms with Crippen LogP contribution in [-0.4, -0.2) is 46.3 Å². The summed E-state index contributed by atoms with van der Waals surface area (Å²) in [7, 11) is 0. The molecule has 1 saturated carbocycles. The van der Waals surface area contributed by atoms with Crippen LogP contribution < -0.4 is 0 Å². The van der Waals surface area contributed by atoms with Crippen molar-refractivity contribution in [1.29, 1.82) is 0 Å². The summed E-state index contributed by atoms with van der Waals surface area (Å²) in [5.74, 6) is 1.59. The van der Waals surface area contributed by atoms with Gasteiger partial charge in [0.25, 0.3) is 0 Å². The van der Waals surface area contributed by atoms with E-state index in [2.05, 4.69) is 20.4 Å². The molecule has 8 atom stereocenters. The van der Waals surface area contributed by atoms with Gasteiger partial charge in [0.05, 0.1) is 29.5 Å². The predicted octanol–water partition coefficient (Wildman–Crippen LogP) is 3.70. The molecule has 1 aliphatic carbocycles. The minimum atomic E-state index is -0.967. The standard InChI is InChI=1S/C22H38O4/c1-7-25-17-10-11-21(5,23)20-19-15(13(2)3)9-8-14(4)18(19)16(26-20)12-22(17,6)24/h13,15-20,23-24H,4,7-12H2,1-3,5-6H3/t15-,16+,17+,18-,19?,20+,21-,22+/m1/s1. The maximum absolute atomic E-state index is 11.4. The maximum Gasteiger partial charge on any atom is 0.0905 e. The van der Waals surface area contributed by atoms with Gasteiger partial charge in [-0.15, -0.1) is 0 Å². The average molecular weight is 367 g/mol. The summed E-state index contributed by atoms with van der Waals surface area (Å²) in [4.78, 5) is 0. The van der Waals surface area contributed by atoms with Gasteiger partial charge in [0.1, 0.15) is 0 Å². The molecule has 1 unspecified atom stereocenters. The Morgan fingerprint density at radius 3 is 2.54 bits per heavy atom. The molecule has 2 heterocycles. The summed E-state index contributed by atoms with van der Waals surface area (Å²) in [5.41, 5.74) is -0.649. The molecule has 4 nitrogen and oxygen atoms in total. The van der Waals surface area contributed by atoms with Crippen LogP contribution in [0.4, 0.5) is 0 Å². The van der Waals surface area contributed by atoms with Crippen LogP contribution in [0.3, 0.4) is 0 Å². The monoisotopic (exact) mass is 366 g/mol. The molecule has 4 heteroatoms. The van der Waals surface area contributed by atoms with E-state index in [1.54, 1.807) is 0 Å². The Labute approximate surface area is 159 Å². The first-order valence-corrected chi connectivity index (χ1v) is 10.5. The van der Waals surface area contributed by atoms with E-state index in [9.17, 15) is 10.2 Å². The van der Waals surface area contributed by atoms with Crippen molar-refractivity contribution >= 4 is 0 Å². The fourth-order valence-corrected chi connectivity index (χ4v) is 5.93. The highest BCUT2D eigenvalue weighted by atomic mass is 16.5.